The number of aryl methyl sites for hydroxylation is 2. The molecule has 0 aliphatic heterocycles. The molecule has 0 aromatic carbocycles. The van der Waals surface area contributed by atoms with Crippen LogP contribution >= 0.6 is 15.9 Å². The van der Waals surface area contributed by atoms with E-state index >= 15 is 0 Å². The van der Waals surface area contributed by atoms with Crippen LogP contribution in [0.3, 0.4) is 0 Å². The third-order valence-electron chi connectivity index (χ3n) is 2.54. The molecule has 2 heterocycles. The molecule has 0 aliphatic carbocycles. The van der Waals surface area contributed by atoms with Crippen LogP contribution in [0, 0.1) is 0 Å². The Balaban J connectivity index is 2.20. The highest BCUT2D eigenvalue weighted by molar-refractivity contribution is 9.10. The number of carbonyl (C=O) groups is 1. The topological polar surface area (TPSA) is 62.7 Å². The minimum atomic E-state index is -0.155. The molecular formula is C11H13BrN4O. The van der Waals surface area contributed by atoms with Crippen LogP contribution in [-0.4, -0.2) is 20.7 Å². The molecule has 2 N–H and O–H groups in total. The van der Waals surface area contributed by atoms with Gasteiger partial charge in [-0.05, 0) is 28.4 Å². The van der Waals surface area contributed by atoms with Gasteiger partial charge in [-0.2, -0.15) is 5.10 Å². The molecule has 0 fully saturated rings. The highest BCUT2D eigenvalue weighted by atomic mass is 79.9. The number of anilines is 1. The van der Waals surface area contributed by atoms with Crippen molar-refractivity contribution >= 4 is 27.7 Å². The van der Waals surface area contributed by atoms with E-state index in [-0.39, 0.29) is 5.91 Å². The molecule has 2 aromatic rings. The van der Waals surface area contributed by atoms with Gasteiger partial charge in [0.2, 0.25) is 0 Å². The van der Waals surface area contributed by atoms with Crippen molar-refractivity contribution in [2.24, 2.45) is 7.05 Å². The Labute approximate surface area is 107 Å². The molecule has 0 radical (unpaired) electrons. The van der Waals surface area contributed by atoms with E-state index in [1.54, 1.807) is 16.8 Å². The van der Waals surface area contributed by atoms with Crippen LogP contribution in [0.15, 0.2) is 22.9 Å². The van der Waals surface area contributed by atoms with E-state index in [0.29, 0.717) is 11.5 Å². The molecule has 5 nitrogen and oxygen atoms in total. The molecule has 0 unspecified atom stereocenters. The number of carbonyl (C=O) groups excluding carboxylic acids is 1. The number of hydrogen-bond acceptors (Lipinski definition) is 2. The van der Waals surface area contributed by atoms with Gasteiger partial charge in [-0.1, -0.05) is 6.92 Å². The van der Waals surface area contributed by atoms with Gasteiger partial charge in [0.05, 0.1) is 6.20 Å². The minimum absolute atomic E-state index is 0.155. The van der Waals surface area contributed by atoms with E-state index in [1.165, 1.54) is 0 Å². The molecule has 0 atom stereocenters. The third kappa shape index (κ3) is 2.41. The van der Waals surface area contributed by atoms with E-state index < -0.39 is 0 Å². The van der Waals surface area contributed by atoms with E-state index in [1.807, 2.05) is 20.2 Å². The fourth-order valence-corrected chi connectivity index (χ4v) is 2.14. The van der Waals surface area contributed by atoms with Gasteiger partial charge >= 0.3 is 0 Å². The average Bonchev–Trinajstić information content (AvgIpc) is 2.84. The predicted octanol–water partition coefficient (Wildman–Crippen LogP) is 2.33. The summed E-state index contributed by atoms with van der Waals surface area (Å²) in [6.45, 7) is 2.01. The molecule has 0 aliphatic rings. The Kier molecular flexibility index (Phi) is 3.33. The molecule has 2 aromatic heterocycles. The number of H-pyrrole nitrogens is 1. The zero-order chi connectivity index (χ0) is 12.4. The molecule has 90 valence electrons. The van der Waals surface area contributed by atoms with Gasteiger partial charge < -0.3 is 9.88 Å². The number of aromatic amines is 1. The Morgan fingerprint density at radius 1 is 1.65 bits per heavy atom. The molecule has 17 heavy (non-hydrogen) atoms. The Hall–Kier alpha value is -1.56. The summed E-state index contributed by atoms with van der Waals surface area (Å²) in [5.74, 6) is 0.506. The zero-order valence-corrected chi connectivity index (χ0v) is 11.2. The number of aromatic nitrogens is 3. The lowest BCUT2D eigenvalue weighted by Crippen LogP contribution is -2.16. The van der Waals surface area contributed by atoms with Gasteiger partial charge in [0.25, 0.3) is 5.91 Å². The lowest BCUT2D eigenvalue weighted by atomic mass is 10.2. The number of rotatable bonds is 3. The largest absolute Gasteiger partial charge is 0.345 e. The van der Waals surface area contributed by atoms with Gasteiger partial charge in [0.15, 0.2) is 0 Å². The predicted molar refractivity (Wildman–Crippen MR) is 69.0 cm³/mol. The van der Waals surface area contributed by atoms with Crippen LogP contribution in [0.5, 0.6) is 0 Å². The van der Waals surface area contributed by atoms with Crippen molar-refractivity contribution in [1.82, 2.24) is 14.8 Å². The monoisotopic (exact) mass is 296 g/mol. The maximum atomic E-state index is 12.0. The molecular weight excluding hydrogens is 284 g/mol. The highest BCUT2D eigenvalue weighted by Crippen LogP contribution is 2.16. The highest BCUT2D eigenvalue weighted by Gasteiger charge is 2.13. The van der Waals surface area contributed by atoms with Crippen LogP contribution in [-0.2, 0) is 13.5 Å². The van der Waals surface area contributed by atoms with Crippen molar-refractivity contribution in [3.8, 4) is 0 Å². The second kappa shape index (κ2) is 4.75. The first-order valence-electron chi connectivity index (χ1n) is 5.27. The Bertz CT molecular complexity index is 543. The second-order valence-electron chi connectivity index (χ2n) is 3.73. The summed E-state index contributed by atoms with van der Waals surface area (Å²) in [5.41, 5.74) is 1.58. The van der Waals surface area contributed by atoms with Gasteiger partial charge in [-0.15, -0.1) is 0 Å². The lowest BCUT2D eigenvalue weighted by molar-refractivity contribution is 0.101. The minimum Gasteiger partial charge on any atom is -0.345 e. The van der Waals surface area contributed by atoms with Gasteiger partial charge in [0, 0.05) is 23.3 Å². The second-order valence-corrected chi connectivity index (χ2v) is 4.65. The summed E-state index contributed by atoms with van der Waals surface area (Å²) in [4.78, 5) is 12.0. The van der Waals surface area contributed by atoms with Crippen molar-refractivity contribution in [1.29, 1.82) is 0 Å². The summed E-state index contributed by atoms with van der Waals surface area (Å²) < 4.78 is 2.65. The van der Waals surface area contributed by atoms with Crippen LogP contribution < -0.4 is 5.32 Å². The van der Waals surface area contributed by atoms with E-state index in [2.05, 4.69) is 31.4 Å². The van der Waals surface area contributed by atoms with Crippen molar-refractivity contribution < 1.29 is 4.79 Å². The standard InChI is InChI=1S/C11H13BrN4O/c1-3-7-5-13-15-10(7)14-11(17)9-4-8(12)6-16(9)2/h4-6H,3H2,1-2H3,(H2,13,14,15,17). The van der Waals surface area contributed by atoms with Crippen molar-refractivity contribution in [2.75, 3.05) is 5.32 Å². The summed E-state index contributed by atoms with van der Waals surface area (Å²) in [6.07, 6.45) is 4.38. The summed E-state index contributed by atoms with van der Waals surface area (Å²) >= 11 is 3.34. The van der Waals surface area contributed by atoms with Crippen LogP contribution in [0.4, 0.5) is 5.82 Å². The fraction of sp³-hybridized carbons (Fsp3) is 0.273. The van der Waals surface area contributed by atoms with Crippen LogP contribution in [0.1, 0.15) is 23.0 Å². The van der Waals surface area contributed by atoms with Crippen molar-refractivity contribution in [3.05, 3.63) is 34.2 Å². The molecule has 0 saturated carbocycles. The summed E-state index contributed by atoms with van der Waals surface area (Å²) in [5, 5.41) is 9.51. The molecule has 0 bridgehead atoms. The van der Waals surface area contributed by atoms with Crippen molar-refractivity contribution in [3.63, 3.8) is 0 Å². The Morgan fingerprint density at radius 2 is 2.41 bits per heavy atom. The third-order valence-corrected chi connectivity index (χ3v) is 2.98. The Morgan fingerprint density at radius 3 is 3.00 bits per heavy atom. The first kappa shape index (κ1) is 11.9. The van der Waals surface area contributed by atoms with E-state index in [0.717, 1.165) is 16.5 Å². The van der Waals surface area contributed by atoms with Gasteiger partial charge in [-0.25, -0.2) is 0 Å². The summed E-state index contributed by atoms with van der Waals surface area (Å²) in [7, 11) is 1.83. The molecule has 6 heteroatoms. The number of hydrogen-bond donors (Lipinski definition) is 2. The van der Waals surface area contributed by atoms with Crippen LogP contribution in [0.2, 0.25) is 0 Å². The lowest BCUT2D eigenvalue weighted by Gasteiger charge is -2.05. The molecule has 0 saturated heterocycles. The first-order valence-corrected chi connectivity index (χ1v) is 6.06. The number of amides is 1. The van der Waals surface area contributed by atoms with Crippen molar-refractivity contribution in [2.45, 2.75) is 13.3 Å². The molecule has 0 spiro atoms. The SMILES string of the molecule is CCc1cn[nH]c1NC(=O)c1cc(Br)cn1C. The fourth-order valence-electron chi connectivity index (χ4n) is 1.61. The smallest absolute Gasteiger partial charge is 0.273 e. The normalized spacial score (nSPS) is 10.5. The number of nitrogens with zero attached hydrogens (tertiary/aromatic N) is 2. The van der Waals surface area contributed by atoms with E-state index in [4.69, 9.17) is 0 Å². The number of halogens is 1. The average molecular weight is 297 g/mol. The molecule has 1 amide bonds. The maximum absolute atomic E-state index is 12.0. The van der Waals surface area contributed by atoms with Crippen LogP contribution in [0.25, 0.3) is 0 Å². The molecule has 2 rings (SSSR count). The summed E-state index contributed by atoms with van der Waals surface area (Å²) in [6, 6.07) is 1.78. The van der Waals surface area contributed by atoms with E-state index in [9.17, 15) is 4.79 Å². The first-order chi connectivity index (χ1) is 8.11. The number of nitrogens with one attached hydrogen (secondary N) is 2. The quantitative estimate of drug-likeness (QED) is 0.913. The van der Waals surface area contributed by atoms with Gasteiger partial charge in [0.1, 0.15) is 11.5 Å². The zero-order valence-electron chi connectivity index (χ0n) is 9.62. The maximum Gasteiger partial charge on any atom is 0.273 e. The van der Waals surface area contributed by atoms with Gasteiger partial charge in [-0.3, -0.25) is 9.89 Å².